The fraction of sp³-hybridized carbons (Fsp3) is 0.553. The molecule has 0 spiro atoms. The highest BCUT2D eigenvalue weighted by Gasteiger charge is 2.34. The monoisotopic (exact) mass is 1730 g/mol. The molecule has 8 aromatic heterocycles. The number of amides is 2. The summed E-state index contributed by atoms with van der Waals surface area (Å²) in [5.41, 5.74) is 5.71. The van der Waals surface area contributed by atoms with Crippen LogP contribution in [0.2, 0.25) is 0 Å². The number of fused-ring (bicyclic) bond motifs is 2. The smallest absolute Gasteiger partial charge is 0.266 e. The van der Waals surface area contributed by atoms with E-state index in [0.29, 0.717) is 46.8 Å². The molecule has 0 radical (unpaired) electrons. The van der Waals surface area contributed by atoms with Gasteiger partial charge in [-0.15, -0.1) is 90.7 Å². The molecular weight excluding hydrogens is 1610 g/mol. The number of ether oxygens (including phenoxy) is 2. The molecule has 2 saturated heterocycles. The number of unbranched alkanes of at least 4 members (excludes halogenated alkanes) is 22. The van der Waals surface area contributed by atoms with Crippen LogP contribution in [-0.2, 0) is 35.3 Å². The zero-order valence-electron chi connectivity index (χ0n) is 68.8. The van der Waals surface area contributed by atoms with E-state index in [-0.39, 0.29) is 11.8 Å². The summed E-state index contributed by atoms with van der Waals surface area (Å²) in [6, 6.07) is 24.5. The molecule has 6 nitrogen and oxygen atoms in total. The van der Waals surface area contributed by atoms with E-state index in [0.717, 1.165) is 95.3 Å². The van der Waals surface area contributed by atoms with Crippen LogP contribution in [0.1, 0.15) is 307 Å². The Balaban J connectivity index is 1.01. The van der Waals surface area contributed by atoms with Crippen LogP contribution in [0.3, 0.4) is 0 Å². The molecule has 606 valence electrons. The lowest BCUT2D eigenvalue weighted by molar-refractivity contribution is -0.122. The number of carbonyl (C=O) groups excluding carboxylic acids is 2. The lowest BCUT2D eigenvalue weighted by Crippen LogP contribution is -2.27. The van der Waals surface area contributed by atoms with Gasteiger partial charge in [-0.2, -0.15) is 0 Å². The number of nitrogens with zero attached hydrogens (tertiary/aromatic N) is 2. The fourth-order valence-corrected chi connectivity index (χ4v) is 28.2. The molecule has 2 unspecified atom stereocenters. The number of aryl methyl sites for hydroxylation is 4. The van der Waals surface area contributed by atoms with Crippen LogP contribution in [0.4, 0.5) is 0 Å². The summed E-state index contributed by atoms with van der Waals surface area (Å²) in [6.45, 7) is 25.1. The van der Waals surface area contributed by atoms with Gasteiger partial charge in [-0.3, -0.25) is 19.4 Å². The quantitative estimate of drug-likeness (QED) is 0.0212. The highest BCUT2D eigenvalue weighted by molar-refractivity contribution is 8.27. The second kappa shape index (κ2) is 46.0. The van der Waals surface area contributed by atoms with Crippen LogP contribution < -0.4 is 9.47 Å². The molecule has 2 fully saturated rings. The summed E-state index contributed by atoms with van der Waals surface area (Å²) in [4.78, 5) is 50.3. The number of likely N-dealkylation sites (N-methyl/N-ethyl adjacent to an activating group) is 2. The van der Waals surface area contributed by atoms with E-state index in [1.54, 1.807) is 9.80 Å². The lowest BCUT2D eigenvalue weighted by atomic mass is 10.0. The molecule has 0 saturated carbocycles. The van der Waals surface area contributed by atoms with E-state index in [9.17, 15) is 9.59 Å². The minimum atomic E-state index is 0.0251. The summed E-state index contributed by atoms with van der Waals surface area (Å²) in [5.74, 6) is 3.01. The van der Waals surface area contributed by atoms with Gasteiger partial charge in [-0.25, -0.2) is 0 Å². The molecule has 2 aliphatic rings. The van der Waals surface area contributed by atoms with Crippen molar-refractivity contribution in [1.82, 2.24) is 9.80 Å². The Kier molecular flexibility index (Phi) is 36.6. The zero-order chi connectivity index (χ0) is 78.9. The van der Waals surface area contributed by atoms with Gasteiger partial charge in [0, 0.05) is 92.1 Å². The number of thiophene rings is 8. The number of hydrogen-bond acceptors (Lipinski definition) is 16. The van der Waals surface area contributed by atoms with Crippen molar-refractivity contribution in [3.05, 3.63) is 102 Å². The maximum atomic E-state index is 13.6. The van der Waals surface area contributed by atoms with Crippen molar-refractivity contribution in [2.24, 2.45) is 11.8 Å². The van der Waals surface area contributed by atoms with Crippen molar-refractivity contribution in [3.63, 3.8) is 0 Å². The summed E-state index contributed by atoms with van der Waals surface area (Å²) in [6.07, 6.45) is 47.8. The Morgan fingerprint density at radius 2 is 0.652 bits per heavy atom. The SMILES string of the molecule is CCCCCCCCc1cc(C=C2SC(=S)N(CC)C2=O)sc1-c1ccc(-c2sc(-c3cc4c(OCC(CC)CCCC)c5sc(-c6cc(CCCCCCCC)c(-c7ccc(-c8sc(C=C9SC(=S)N(CC)C9=O)cc8CCCCCCCC)s7)s6)cc5c(OCC(CC)CCCC)c4s3)cc2CCCCCCCC)s1. The molecule has 1 aromatic carbocycles. The van der Waals surface area contributed by atoms with Crippen molar-refractivity contribution < 1.29 is 19.1 Å². The molecule has 2 atom stereocenters. The Morgan fingerprint density at radius 3 is 0.964 bits per heavy atom. The third-order valence-corrected chi connectivity index (χ3v) is 35.3. The lowest BCUT2D eigenvalue weighted by Gasteiger charge is -2.19. The first-order valence-electron chi connectivity index (χ1n) is 43.3. The normalized spacial score (nSPS) is 14.8. The largest absolute Gasteiger partial charge is 0.491 e. The van der Waals surface area contributed by atoms with Crippen molar-refractivity contribution in [1.29, 1.82) is 0 Å². The number of thiocarbonyl (C=S) groups is 2. The Bertz CT molecular complexity index is 4230. The predicted octanol–water partition coefficient (Wildman–Crippen LogP) is 33.7. The van der Waals surface area contributed by atoms with Gasteiger partial charge >= 0.3 is 0 Å². The van der Waals surface area contributed by atoms with E-state index in [4.69, 9.17) is 33.9 Å². The molecule has 11 rings (SSSR count). The number of thioether (sulfide) groups is 2. The molecule has 2 amide bonds. The molecule has 0 aliphatic carbocycles. The number of rotatable bonds is 52. The average Bonchev–Trinajstić information content (AvgIpc) is 1.58. The number of benzene rings is 1. The van der Waals surface area contributed by atoms with Crippen LogP contribution in [0.25, 0.3) is 90.9 Å². The summed E-state index contributed by atoms with van der Waals surface area (Å²) < 4.78 is 18.8. The standard InChI is InChI=1S/C94H124N2O4S12/c1-11-21-27-31-35-39-45-65-53-69(57-81-91(97)95(19-9)93(101)111-81)103-85(65)73-49-51-75(105-73)87-67(47-41-37-33-29-23-13-3)55-77(107-87)79-59-71-83(99-61-63(17-7)43-25-15-5)90-72(84(89(71)109-79)100-62-64(18-8)44-26-16-6)60-80(110-90)78-56-68(48-42-38-34-30-24-14-4)88(108-78)76-52-50-74(106-76)86-66(46-40-36-32-28-22-12-2)54-70(104-86)58-82-92(98)96(20-10)94(102)112-82/h49-60,63-64H,11-48,61-62H2,1-10H3. The van der Waals surface area contributed by atoms with Crippen LogP contribution in [-0.4, -0.2) is 56.6 Å². The summed E-state index contributed by atoms with van der Waals surface area (Å²) in [7, 11) is 0. The zero-order valence-corrected chi connectivity index (χ0v) is 78.6. The van der Waals surface area contributed by atoms with Gasteiger partial charge in [-0.1, -0.05) is 270 Å². The minimum Gasteiger partial charge on any atom is -0.491 e. The Hall–Kier alpha value is -3.76. The molecule has 0 bridgehead atoms. The number of hydrogen-bond donors (Lipinski definition) is 0. The number of carbonyl (C=O) groups is 2. The van der Waals surface area contributed by atoms with E-state index < -0.39 is 0 Å². The molecule has 112 heavy (non-hydrogen) atoms. The van der Waals surface area contributed by atoms with Crippen molar-refractivity contribution in [2.75, 3.05) is 26.3 Å². The molecule has 0 N–H and O–H groups in total. The van der Waals surface area contributed by atoms with Crippen molar-refractivity contribution >= 4 is 191 Å². The minimum absolute atomic E-state index is 0.0251. The highest BCUT2D eigenvalue weighted by Crippen LogP contribution is 2.57. The van der Waals surface area contributed by atoms with Gasteiger partial charge in [0.1, 0.15) is 20.1 Å². The third-order valence-electron chi connectivity index (χ3n) is 22.4. The highest BCUT2D eigenvalue weighted by atomic mass is 32.2. The van der Waals surface area contributed by atoms with E-state index in [1.807, 2.05) is 105 Å². The van der Waals surface area contributed by atoms with Gasteiger partial charge in [0.15, 0.2) is 0 Å². The van der Waals surface area contributed by atoms with Crippen LogP contribution in [0.15, 0.2) is 70.5 Å². The molecule has 18 heteroatoms. The van der Waals surface area contributed by atoms with Crippen LogP contribution in [0, 0.1) is 11.8 Å². The Morgan fingerprint density at radius 1 is 0.348 bits per heavy atom. The van der Waals surface area contributed by atoms with Crippen LogP contribution >= 0.6 is 139 Å². The molecular formula is C94H124N2O4S12. The predicted molar refractivity (Wildman–Crippen MR) is 514 cm³/mol. The van der Waals surface area contributed by atoms with Gasteiger partial charge in [0.25, 0.3) is 11.8 Å². The first-order chi connectivity index (χ1) is 54.8. The molecule has 10 heterocycles. The van der Waals surface area contributed by atoms with Gasteiger partial charge in [0.05, 0.1) is 32.4 Å². The second-order valence-electron chi connectivity index (χ2n) is 31.0. The van der Waals surface area contributed by atoms with Crippen LogP contribution in [0.5, 0.6) is 11.5 Å². The van der Waals surface area contributed by atoms with E-state index >= 15 is 0 Å². The first-order valence-corrected chi connectivity index (χ1v) is 52.3. The Labute approximate surface area is 724 Å². The summed E-state index contributed by atoms with van der Waals surface area (Å²) >= 11 is 29.7. The topological polar surface area (TPSA) is 59.1 Å². The van der Waals surface area contributed by atoms with E-state index in [2.05, 4.69) is 128 Å². The first kappa shape index (κ1) is 89.0. The van der Waals surface area contributed by atoms with Gasteiger partial charge in [0.2, 0.25) is 0 Å². The van der Waals surface area contributed by atoms with Crippen molar-refractivity contribution in [2.45, 2.75) is 300 Å². The van der Waals surface area contributed by atoms with Gasteiger partial charge in [-0.05, 0) is 185 Å². The molecule has 9 aromatic rings. The van der Waals surface area contributed by atoms with Gasteiger partial charge < -0.3 is 9.47 Å². The maximum Gasteiger partial charge on any atom is 0.266 e. The summed E-state index contributed by atoms with van der Waals surface area (Å²) in [5, 5.41) is 2.37. The van der Waals surface area contributed by atoms with E-state index in [1.165, 1.54) is 291 Å². The second-order valence-corrected chi connectivity index (χ2v) is 42.9. The van der Waals surface area contributed by atoms with Crippen molar-refractivity contribution in [3.8, 4) is 70.0 Å². The fourth-order valence-electron chi connectivity index (χ4n) is 15.5. The average molecular weight is 1730 g/mol. The molecule has 2 aliphatic heterocycles. The third kappa shape index (κ3) is 23.4. The maximum absolute atomic E-state index is 13.6.